The fourth-order valence-corrected chi connectivity index (χ4v) is 3.39. The lowest BCUT2D eigenvalue weighted by atomic mass is 10.1. The molecule has 0 atom stereocenters. The average Bonchev–Trinajstić information content (AvgIpc) is 2.62. The molecule has 5 heteroatoms. The number of carbonyl (C=O) groups is 1. The molecule has 2 aliphatic rings. The SMILES string of the molecule is CN(C)c1cccc(C(=O)N2CCN3CCOc4cccc2c43)c1. The fourth-order valence-electron chi connectivity index (χ4n) is 3.39. The van der Waals surface area contributed by atoms with Crippen LogP contribution in [0.5, 0.6) is 5.75 Å². The first kappa shape index (κ1) is 14.9. The van der Waals surface area contributed by atoms with Crippen LogP contribution in [0.1, 0.15) is 10.4 Å². The Morgan fingerprint density at radius 3 is 2.75 bits per heavy atom. The molecule has 2 heterocycles. The summed E-state index contributed by atoms with van der Waals surface area (Å²) in [6.07, 6.45) is 0. The van der Waals surface area contributed by atoms with E-state index in [4.69, 9.17) is 4.74 Å². The van der Waals surface area contributed by atoms with E-state index in [2.05, 4.69) is 4.90 Å². The van der Waals surface area contributed by atoms with Gasteiger partial charge in [0.25, 0.3) is 5.91 Å². The number of rotatable bonds is 2. The molecule has 0 spiro atoms. The van der Waals surface area contributed by atoms with Crippen molar-refractivity contribution in [2.45, 2.75) is 0 Å². The first-order chi connectivity index (χ1) is 11.6. The highest BCUT2D eigenvalue weighted by molar-refractivity contribution is 6.09. The van der Waals surface area contributed by atoms with Gasteiger partial charge in [-0.15, -0.1) is 0 Å². The van der Waals surface area contributed by atoms with Gasteiger partial charge in [-0.1, -0.05) is 12.1 Å². The fraction of sp³-hybridized carbons (Fsp3) is 0.316. The van der Waals surface area contributed by atoms with Crippen molar-refractivity contribution < 1.29 is 9.53 Å². The number of carbonyl (C=O) groups excluding carboxylic acids is 1. The van der Waals surface area contributed by atoms with E-state index >= 15 is 0 Å². The molecule has 2 aliphatic heterocycles. The van der Waals surface area contributed by atoms with Gasteiger partial charge in [0.1, 0.15) is 18.0 Å². The molecule has 0 aliphatic carbocycles. The van der Waals surface area contributed by atoms with E-state index in [1.807, 2.05) is 66.4 Å². The number of ether oxygens (including phenoxy) is 1. The summed E-state index contributed by atoms with van der Waals surface area (Å²) >= 11 is 0. The van der Waals surface area contributed by atoms with Crippen LogP contribution in [0.15, 0.2) is 42.5 Å². The Kier molecular flexibility index (Phi) is 3.56. The Bertz CT molecular complexity index is 788. The van der Waals surface area contributed by atoms with Gasteiger partial charge in [0, 0.05) is 38.4 Å². The molecule has 0 radical (unpaired) electrons. The molecule has 0 fully saturated rings. The second kappa shape index (κ2) is 5.74. The van der Waals surface area contributed by atoms with Crippen LogP contribution in [-0.4, -0.2) is 46.2 Å². The molecular formula is C19H21N3O2. The van der Waals surface area contributed by atoms with Crippen molar-refractivity contribution in [1.82, 2.24) is 0 Å². The highest BCUT2D eigenvalue weighted by atomic mass is 16.5. The van der Waals surface area contributed by atoms with Crippen molar-refractivity contribution in [2.75, 3.05) is 55.0 Å². The lowest BCUT2D eigenvalue weighted by Crippen LogP contribution is -2.47. The molecule has 2 aromatic carbocycles. The lowest BCUT2D eigenvalue weighted by molar-refractivity contribution is 0.0986. The van der Waals surface area contributed by atoms with Crippen LogP contribution in [-0.2, 0) is 0 Å². The summed E-state index contributed by atoms with van der Waals surface area (Å²) in [5, 5.41) is 0. The van der Waals surface area contributed by atoms with E-state index in [0.717, 1.165) is 35.9 Å². The minimum Gasteiger partial charge on any atom is -0.489 e. The third kappa shape index (κ3) is 2.37. The quantitative estimate of drug-likeness (QED) is 0.851. The van der Waals surface area contributed by atoms with Crippen molar-refractivity contribution in [2.24, 2.45) is 0 Å². The van der Waals surface area contributed by atoms with Gasteiger partial charge in [-0.25, -0.2) is 0 Å². The first-order valence-electron chi connectivity index (χ1n) is 8.25. The molecule has 0 unspecified atom stereocenters. The number of nitrogens with zero attached hydrogens (tertiary/aromatic N) is 3. The predicted octanol–water partition coefficient (Wildman–Crippen LogP) is 2.61. The Morgan fingerprint density at radius 2 is 1.92 bits per heavy atom. The summed E-state index contributed by atoms with van der Waals surface area (Å²) in [6, 6.07) is 13.7. The number of benzene rings is 2. The van der Waals surface area contributed by atoms with Crippen LogP contribution in [0.25, 0.3) is 0 Å². The number of amides is 1. The van der Waals surface area contributed by atoms with Gasteiger partial charge in [0.05, 0.1) is 12.2 Å². The smallest absolute Gasteiger partial charge is 0.258 e. The molecule has 0 N–H and O–H groups in total. The van der Waals surface area contributed by atoms with Crippen LogP contribution in [0.3, 0.4) is 0 Å². The van der Waals surface area contributed by atoms with Gasteiger partial charge >= 0.3 is 0 Å². The molecule has 1 amide bonds. The van der Waals surface area contributed by atoms with Gasteiger partial charge in [0.15, 0.2) is 0 Å². The van der Waals surface area contributed by atoms with E-state index in [1.54, 1.807) is 0 Å². The largest absolute Gasteiger partial charge is 0.489 e. The van der Waals surface area contributed by atoms with Gasteiger partial charge in [-0.05, 0) is 30.3 Å². The summed E-state index contributed by atoms with van der Waals surface area (Å²) in [5.41, 5.74) is 3.73. The minimum absolute atomic E-state index is 0.0392. The summed E-state index contributed by atoms with van der Waals surface area (Å²) < 4.78 is 5.77. The Hall–Kier alpha value is -2.69. The number of hydrogen-bond donors (Lipinski definition) is 0. The van der Waals surface area contributed by atoms with Gasteiger partial charge < -0.3 is 19.4 Å². The first-order valence-corrected chi connectivity index (χ1v) is 8.25. The van der Waals surface area contributed by atoms with Gasteiger partial charge in [-0.2, -0.15) is 0 Å². The third-order valence-electron chi connectivity index (χ3n) is 4.65. The topological polar surface area (TPSA) is 36.0 Å². The van der Waals surface area contributed by atoms with Crippen LogP contribution < -0.4 is 19.4 Å². The second-order valence-corrected chi connectivity index (χ2v) is 6.36. The maximum absolute atomic E-state index is 13.1. The van der Waals surface area contributed by atoms with Crippen molar-refractivity contribution in [3.05, 3.63) is 48.0 Å². The molecule has 2 aromatic rings. The maximum Gasteiger partial charge on any atom is 0.258 e. The van der Waals surface area contributed by atoms with Crippen LogP contribution >= 0.6 is 0 Å². The predicted molar refractivity (Wildman–Crippen MR) is 96.6 cm³/mol. The molecule has 0 bridgehead atoms. The van der Waals surface area contributed by atoms with Crippen molar-refractivity contribution in [1.29, 1.82) is 0 Å². The van der Waals surface area contributed by atoms with E-state index in [-0.39, 0.29) is 5.91 Å². The molecule has 24 heavy (non-hydrogen) atoms. The average molecular weight is 323 g/mol. The third-order valence-corrected chi connectivity index (χ3v) is 4.65. The van der Waals surface area contributed by atoms with Crippen molar-refractivity contribution in [3.8, 4) is 5.75 Å². The number of para-hydroxylation sites is 1. The van der Waals surface area contributed by atoms with Crippen molar-refractivity contribution in [3.63, 3.8) is 0 Å². The van der Waals surface area contributed by atoms with Gasteiger partial charge in [0.2, 0.25) is 0 Å². The Balaban J connectivity index is 1.73. The summed E-state index contributed by atoms with van der Waals surface area (Å²) in [4.78, 5) is 19.3. The monoisotopic (exact) mass is 323 g/mol. The normalized spacial score (nSPS) is 15.6. The molecular weight excluding hydrogens is 302 g/mol. The van der Waals surface area contributed by atoms with Crippen LogP contribution in [0, 0.1) is 0 Å². The second-order valence-electron chi connectivity index (χ2n) is 6.36. The molecule has 4 rings (SSSR count). The zero-order chi connectivity index (χ0) is 16.7. The Labute approximate surface area is 142 Å². The van der Waals surface area contributed by atoms with Crippen molar-refractivity contribution >= 4 is 23.0 Å². The number of anilines is 3. The van der Waals surface area contributed by atoms with Crippen LogP contribution in [0.2, 0.25) is 0 Å². The van der Waals surface area contributed by atoms with Crippen LogP contribution in [0.4, 0.5) is 17.1 Å². The molecule has 0 aromatic heterocycles. The zero-order valence-corrected chi connectivity index (χ0v) is 14.0. The highest BCUT2D eigenvalue weighted by Crippen LogP contribution is 2.43. The molecule has 0 saturated heterocycles. The van der Waals surface area contributed by atoms with E-state index < -0.39 is 0 Å². The Morgan fingerprint density at radius 1 is 1.08 bits per heavy atom. The lowest BCUT2D eigenvalue weighted by Gasteiger charge is -2.41. The zero-order valence-electron chi connectivity index (χ0n) is 14.0. The van der Waals surface area contributed by atoms with E-state index in [1.165, 1.54) is 0 Å². The molecule has 124 valence electrons. The summed E-state index contributed by atoms with van der Waals surface area (Å²) in [5.74, 6) is 0.913. The molecule has 0 saturated carbocycles. The minimum atomic E-state index is 0.0392. The standard InChI is InChI=1S/C19H21N3O2/c1-20(2)15-6-3-5-14(13-15)19(23)22-10-9-21-11-12-24-17-8-4-7-16(22)18(17)21/h3-8,13H,9-12H2,1-2H3. The van der Waals surface area contributed by atoms with Gasteiger partial charge in [-0.3, -0.25) is 4.79 Å². The molecule has 5 nitrogen and oxygen atoms in total. The summed E-state index contributed by atoms with van der Waals surface area (Å²) in [6.45, 7) is 3.12. The highest BCUT2D eigenvalue weighted by Gasteiger charge is 2.31. The van der Waals surface area contributed by atoms with E-state index in [9.17, 15) is 4.79 Å². The maximum atomic E-state index is 13.1. The number of hydrogen-bond acceptors (Lipinski definition) is 4. The summed E-state index contributed by atoms with van der Waals surface area (Å²) in [7, 11) is 3.96. The van der Waals surface area contributed by atoms with E-state index in [0.29, 0.717) is 18.7 Å².